The lowest BCUT2D eigenvalue weighted by atomic mass is 10.1. The molecule has 1 amide bonds. The highest BCUT2D eigenvalue weighted by atomic mass is 32.1. The van der Waals surface area contributed by atoms with Crippen LogP contribution >= 0.6 is 11.3 Å². The first-order valence-electron chi connectivity index (χ1n) is 6.15. The molecular weight excluding hydrogens is 264 g/mol. The summed E-state index contributed by atoms with van der Waals surface area (Å²) in [5.41, 5.74) is 1.47. The first-order valence-corrected chi connectivity index (χ1v) is 6.97. The van der Waals surface area contributed by atoms with Crippen molar-refractivity contribution in [1.82, 2.24) is 0 Å². The summed E-state index contributed by atoms with van der Waals surface area (Å²) in [6, 6.07) is 1.79. The number of hydrogen-bond donors (Lipinski definition) is 1. The first kappa shape index (κ1) is 13.6. The van der Waals surface area contributed by atoms with E-state index in [-0.39, 0.29) is 6.42 Å². The third-order valence-electron chi connectivity index (χ3n) is 2.89. The molecule has 19 heavy (non-hydrogen) atoms. The van der Waals surface area contributed by atoms with Crippen molar-refractivity contribution >= 4 is 28.2 Å². The molecule has 0 bridgehead atoms. The van der Waals surface area contributed by atoms with Gasteiger partial charge in [-0.25, -0.2) is 4.79 Å². The number of anilines is 1. The molecule has 0 saturated carbocycles. The molecule has 0 aliphatic heterocycles. The van der Waals surface area contributed by atoms with Crippen LogP contribution in [0.5, 0.6) is 0 Å². The van der Waals surface area contributed by atoms with E-state index in [0.717, 1.165) is 29.7 Å². The molecule has 0 unspecified atom stereocenters. The molecule has 0 atom stereocenters. The van der Waals surface area contributed by atoms with Crippen LogP contribution in [0.3, 0.4) is 0 Å². The summed E-state index contributed by atoms with van der Waals surface area (Å²) in [6.07, 6.45) is 2.58. The smallest absolute Gasteiger partial charge is 0.341 e. The summed E-state index contributed by atoms with van der Waals surface area (Å²) in [6.45, 7) is 2.05. The molecule has 1 aliphatic rings. The number of nitrogens with one attached hydrogen (secondary N) is 1. The van der Waals surface area contributed by atoms with Gasteiger partial charge in [-0.05, 0) is 31.7 Å². The Balaban J connectivity index is 2.30. The van der Waals surface area contributed by atoms with E-state index < -0.39 is 11.9 Å². The Hall–Kier alpha value is -1.87. The van der Waals surface area contributed by atoms with E-state index >= 15 is 0 Å². The number of hydrogen-bond acceptors (Lipinski definition) is 5. The highest BCUT2D eigenvalue weighted by Crippen LogP contribution is 2.39. The summed E-state index contributed by atoms with van der Waals surface area (Å²) in [5, 5.41) is 11.6. The van der Waals surface area contributed by atoms with E-state index in [4.69, 9.17) is 10.00 Å². The topological polar surface area (TPSA) is 79.2 Å². The van der Waals surface area contributed by atoms with E-state index in [0.29, 0.717) is 17.2 Å². The second-order valence-corrected chi connectivity index (χ2v) is 5.27. The molecule has 1 aromatic rings. The number of rotatable bonds is 4. The number of aryl methyl sites for hydroxylation is 1. The van der Waals surface area contributed by atoms with Crippen LogP contribution in [0.15, 0.2) is 0 Å². The Bertz CT molecular complexity index is 557. The molecule has 2 rings (SSSR count). The Labute approximate surface area is 115 Å². The number of esters is 1. The molecule has 1 aromatic heterocycles. The number of thiophene rings is 1. The largest absolute Gasteiger partial charge is 0.462 e. The van der Waals surface area contributed by atoms with Gasteiger partial charge in [-0.2, -0.15) is 5.26 Å². The summed E-state index contributed by atoms with van der Waals surface area (Å²) < 4.78 is 5.05. The van der Waals surface area contributed by atoms with Crippen molar-refractivity contribution in [3.63, 3.8) is 0 Å². The van der Waals surface area contributed by atoms with Crippen molar-refractivity contribution in [3.8, 4) is 6.07 Å². The van der Waals surface area contributed by atoms with E-state index in [1.807, 2.05) is 0 Å². The molecule has 0 radical (unpaired) electrons. The van der Waals surface area contributed by atoms with Crippen molar-refractivity contribution in [2.45, 2.75) is 32.6 Å². The van der Waals surface area contributed by atoms with E-state index in [2.05, 4.69) is 5.32 Å². The van der Waals surface area contributed by atoms with Crippen LogP contribution in [-0.2, 0) is 22.4 Å². The van der Waals surface area contributed by atoms with Crippen LogP contribution in [0.25, 0.3) is 0 Å². The lowest BCUT2D eigenvalue weighted by Crippen LogP contribution is -2.14. The predicted molar refractivity (Wildman–Crippen MR) is 71.2 cm³/mol. The fourth-order valence-corrected chi connectivity index (χ4v) is 3.45. The maximum atomic E-state index is 12.0. The highest BCUT2D eigenvalue weighted by Gasteiger charge is 2.28. The number of carbonyl (C=O) groups excluding carboxylic acids is 2. The number of ether oxygens (including phenoxy) is 1. The number of fused-ring (bicyclic) bond motifs is 1. The molecule has 100 valence electrons. The van der Waals surface area contributed by atoms with Crippen LogP contribution in [0, 0.1) is 11.3 Å². The zero-order valence-corrected chi connectivity index (χ0v) is 11.4. The Kier molecular flexibility index (Phi) is 4.17. The summed E-state index contributed by atoms with van der Waals surface area (Å²) in [5.74, 6) is -0.790. The second kappa shape index (κ2) is 5.85. The third-order valence-corrected chi connectivity index (χ3v) is 4.10. The van der Waals surface area contributed by atoms with Gasteiger partial charge in [-0.1, -0.05) is 0 Å². The Morgan fingerprint density at radius 3 is 2.95 bits per heavy atom. The fraction of sp³-hybridized carbons (Fsp3) is 0.462. The van der Waals surface area contributed by atoms with Crippen molar-refractivity contribution in [1.29, 1.82) is 5.26 Å². The van der Waals surface area contributed by atoms with E-state index in [1.165, 1.54) is 11.3 Å². The van der Waals surface area contributed by atoms with Crippen molar-refractivity contribution in [2.75, 3.05) is 11.9 Å². The maximum Gasteiger partial charge on any atom is 0.341 e. The summed E-state index contributed by atoms with van der Waals surface area (Å²) >= 11 is 1.41. The molecule has 0 saturated heterocycles. The third kappa shape index (κ3) is 2.76. The second-order valence-electron chi connectivity index (χ2n) is 4.17. The molecular formula is C13H14N2O3S. The van der Waals surface area contributed by atoms with Crippen molar-refractivity contribution in [3.05, 3.63) is 16.0 Å². The normalized spacial score (nSPS) is 12.6. The maximum absolute atomic E-state index is 12.0. The van der Waals surface area contributed by atoms with Gasteiger partial charge in [0.1, 0.15) is 11.4 Å². The van der Waals surface area contributed by atoms with Crippen LogP contribution in [0.2, 0.25) is 0 Å². The fourth-order valence-electron chi connectivity index (χ4n) is 2.15. The van der Waals surface area contributed by atoms with Gasteiger partial charge in [0.25, 0.3) is 0 Å². The quantitative estimate of drug-likeness (QED) is 0.857. The number of amides is 1. The SMILES string of the molecule is CCOC(=O)c1c(NC(=O)CC#N)sc2c1CCC2. The average Bonchev–Trinajstić information content (AvgIpc) is 2.89. The minimum absolute atomic E-state index is 0.217. The van der Waals surface area contributed by atoms with Gasteiger partial charge in [0.15, 0.2) is 0 Å². The van der Waals surface area contributed by atoms with Gasteiger partial charge in [0.2, 0.25) is 5.91 Å². The van der Waals surface area contributed by atoms with Crippen LogP contribution in [0.4, 0.5) is 5.00 Å². The van der Waals surface area contributed by atoms with Gasteiger partial charge in [-0.3, -0.25) is 4.79 Å². The Morgan fingerprint density at radius 2 is 2.26 bits per heavy atom. The summed E-state index contributed by atoms with van der Waals surface area (Å²) in [4.78, 5) is 24.6. The van der Waals surface area contributed by atoms with Gasteiger partial charge in [-0.15, -0.1) is 11.3 Å². The molecule has 1 aliphatic carbocycles. The van der Waals surface area contributed by atoms with Crippen LogP contribution in [0.1, 0.15) is 40.6 Å². The van der Waals surface area contributed by atoms with Gasteiger partial charge >= 0.3 is 5.97 Å². The van der Waals surface area contributed by atoms with E-state index in [9.17, 15) is 9.59 Å². The predicted octanol–water partition coefficient (Wildman–Crippen LogP) is 2.27. The lowest BCUT2D eigenvalue weighted by molar-refractivity contribution is -0.115. The minimum Gasteiger partial charge on any atom is -0.462 e. The zero-order chi connectivity index (χ0) is 13.8. The lowest BCUT2D eigenvalue weighted by Gasteiger charge is -2.06. The summed E-state index contributed by atoms with van der Waals surface area (Å²) in [7, 11) is 0. The number of nitrogens with zero attached hydrogens (tertiary/aromatic N) is 1. The molecule has 0 spiro atoms. The number of carbonyl (C=O) groups is 2. The Morgan fingerprint density at radius 1 is 1.47 bits per heavy atom. The number of nitriles is 1. The molecule has 6 heteroatoms. The molecule has 1 heterocycles. The molecule has 0 fully saturated rings. The van der Waals surface area contributed by atoms with Gasteiger partial charge in [0, 0.05) is 4.88 Å². The first-order chi connectivity index (χ1) is 9.17. The van der Waals surface area contributed by atoms with Crippen molar-refractivity contribution < 1.29 is 14.3 Å². The van der Waals surface area contributed by atoms with Crippen LogP contribution < -0.4 is 5.32 Å². The monoisotopic (exact) mass is 278 g/mol. The van der Waals surface area contributed by atoms with Gasteiger partial charge in [0.05, 0.1) is 18.2 Å². The van der Waals surface area contributed by atoms with Gasteiger partial charge < -0.3 is 10.1 Å². The van der Waals surface area contributed by atoms with E-state index in [1.54, 1.807) is 13.0 Å². The van der Waals surface area contributed by atoms with Crippen molar-refractivity contribution in [2.24, 2.45) is 0 Å². The van der Waals surface area contributed by atoms with Crippen LogP contribution in [-0.4, -0.2) is 18.5 Å². The minimum atomic E-state index is -0.395. The zero-order valence-electron chi connectivity index (χ0n) is 10.6. The molecule has 0 aromatic carbocycles. The highest BCUT2D eigenvalue weighted by molar-refractivity contribution is 7.17. The molecule has 5 nitrogen and oxygen atoms in total. The average molecular weight is 278 g/mol. The molecule has 1 N–H and O–H groups in total. The standard InChI is InChI=1S/C13H14N2O3S/c1-2-18-13(17)11-8-4-3-5-9(8)19-12(11)15-10(16)6-7-14/h2-6H2,1H3,(H,15,16).